The second-order valence-electron chi connectivity index (χ2n) is 12.8. The normalized spacial score (nSPS) is 11.2. The molecule has 68 heavy (non-hydrogen) atoms. The maximum absolute atomic E-state index is 11.7. The van der Waals surface area contributed by atoms with Crippen molar-refractivity contribution in [3.63, 3.8) is 0 Å². The monoisotopic (exact) mass is 972 g/mol. The van der Waals surface area contributed by atoms with Crippen LogP contribution < -0.4 is 0 Å². The summed E-state index contributed by atoms with van der Waals surface area (Å²) in [7, 11) is 4.51. The topological polar surface area (TPSA) is 441 Å². The van der Waals surface area contributed by atoms with Gasteiger partial charge in [-0.15, -0.1) is 9.24 Å². The molecule has 2 aliphatic carbocycles. The highest BCUT2D eigenvalue weighted by Crippen LogP contribution is 2.51. The minimum absolute atomic E-state index is 0.253. The minimum Gasteiger partial charge on any atom is -0.469 e. The van der Waals surface area contributed by atoms with Crippen LogP contribution in [0.5, 0.6) is 0 Å². The summed E-state index contributed by atoms with van der Waals surface area (Å²) in [5.74, 6) is -1.31. The number of benzene rings is 4. The van der Waals surface area contributed by atoms with E-state index in [0.717, 1.165) is 38.5 Å². The molecule has 6 rings (SSSR count). The van der Waals surface area contributed by atoms with Crippen LogP contribution in [0.15, 0.2) is 58.8 Å². The van der Waals surface area contributed by atoms with Crippen molar-refractivity contribution in [2.75, 3.05) is 34.1 Å². The molecule has 0 saturated carbocycles. The number of esters is 2. The molecular weight excluding hydrogens is 943 g/mol. The molecule has 4 aromatic carbocycles. The molecule has 0 aromatic heterocycles. The number of rotatable bonds is 16. The summed E-state index contributed by atoms with van der Waals surface area (Å²) < 4.78 is 15.0. The van der Waals surface area contributed by atoms with Crippen molar-refractivity contribution in [2.24, 2.45) is 10.3 Å². The standard InChI is InChI=1S/2C17H11N5O11.CH5P/c2*1-32-14(23)2-3-33-18-17-10-4-8(19(24)25)6-12(21(28)29)15(10)16-11(17)5-9(20(26)27)7-13(16)22(30)31;1-2/h2*4-7H,2-3H2,1H3;2H2,1H3/i;;1T. The molecule has 0 radical (unpaired) electrons. The van der Waals surface area contributed by atoms with Crippen LogP contribution in [0.2, 0.25) is 0 Å². The van der Waals surface area contributed by atoms with E-state index in [4.69, 9.17) is 11.0 Å². The van der Waals surface area contributed by atoms with Gasteiger partial charge >= 0.3 is 11.9 Å². The number of hydrogen-bond acceptors (Lipinski definition) is 24. The molecule has 0 heterocycles. The maximum atomic E-state index is 11.7. The fraction of sp³-hybridized carbons (Fsp3) is 0.200. The summed E-state index contributed by atoms with van der Waals surface area (Å²) in [6.07, 6.45) is -0.506. The van der Waals surface area contributed by atoms with E-state index in [1.165, 1.54) is 0 Å². The Labute approximate surface area is 378 Å². The average Bonchev–Trinajstić information content (AvgIpc) is 3.79. The smallest absolute Gasteiger partial charge is 0.309 e. The van der Waals surface area contributed by atoms with E-state index < -0.39 is 96.8 Å². The Balaban J connectivity index is 0.000000284. The van der Waals surface area contributed by atoms with Gasteiger partial charge in [0.25, 0.3) is 45.5 Å². The van der Waals surface area contributed by atoms with Crippen molar-refractivity contribution in [3.05, 3.63) is 152 Å². The average molecular weight is 973 g/mol. The van der Waals surface area contributed by atoms with Crippen molar-refractivity contribution >= 4 is 78.1 Å². The van der Waals surface area contributed by atoms with Crippen molar-refractivity contribution < 1.29 is 69.5 Å². The highest BCUT2D eigenvalue weighted by atomic mass is 31.0. The van der Waals surface area contributed by atoms with Gasteiger partial charge in [-0.1, -0.05) is 17.0 Å². The van der Waals surface area contributed by atoms with Crippen LogP contribution in [0.1, 0.15) is 36.5 Å². The summed E-state index contributed by atoms with van der Waals surface area (Å²) in [6, 6.07) is 6.04. The van der Waals surface area contributed by atoms with E-state index >= 15 is 0 Å². The molecule has 0 saturated heterocycles. The Kier molecular flexibility index (Phi) is 15.5. The van der Waals surface area contributed by atoms with Crippen molar-refractivity contribution in [3.8, 4) is 22.3 Å². The lowest BCUT2D eigenvalue weighted by Crippen LogP contribution is -2.06. The van der Waals surface area contributed by atoms with Crippen molar-refractivity contribution in [1.82, 2.24) is 0 Å². The summed E-state index contributed by atoms with van der Waals surface area (Å²) in [5, 5.41) is 99.3. The predicted octanol–water partition coefficient (Wildman–Crippen LogP) is 5.76. The molecule has 0 spiro atoms. The first-order valence-corrected chi connectivity index (χ1v) is 18.8. The number of nitro benzene ring substituents is 8. The number of fused-ring (bicyclic) bond motifs is 6. The molecule has 0 fully saturated rings. The van der Waals surface area contributed by atoms with Crippen molar-refractivity contribution in [2.45, 2.75) is 12.8 Å². The number of oxime groups is 2. The quantitative estimate of drug-likeness (QED) is 0.0366. The number of carbonyl (C=O) groups is 2. The van der Waals surface area contributed by atoms with Crippen molar-refractivity contribution in [1.29, 1.82) is 0 Å². The molecule has 32 nitrogen and oxygen atoms in total. The summed E-state index contributed by atoms with van der Waals surface area (Å²) >= 11 is 0. The van der Waals surface area contributed by atoms with Gasteiger partial charge < -0.3 is 19.1 Å². The minimum atomic E-state index is -0.970. The van der Waals surface area contributed by atoms with Crippen LogP contribution in [-0.2, 0) is 28.7 Å². The first-order valence-electron chi connectivity index (χ1n) is 18.7. The Morgan fingerprint density at radius 2 is 0.691 bits per heavy atom. The van der Waals surface area contributed by atoms with Gasteiger partial charge in [-0.25, -0.2) is 0 Å². The number of hydrogen-bond donors (Lipinski definition) is 0. The van der Waals surface area contributed by atoms with Gasteiger partial charge in [-0.2, -0.15) is 0 Å². The number of ether oxygens (including phenoxy) is 2. The third kappa shape index (κ3) is 10.5. The third-order valence-electron chi connectivity index (χ3n) is 9.12. The van der Waals surface area contributed by atoms with Gasteiger partial charge in [0, 0.05) is 47.9 Å². The molecule has 33 heteroatoms. The summed E-state index contributed by atoms with van der Waals surface area (Å²) in [6.45, 7) is -0.260. The second-order valence-corrected chi connectivity index (χ2v) is 12.8. The van der Waals surface area contributed by atoms with Crippen LogP contribution in [0.25, 0.3) is 22.3 Å². The molecule has 0 aliphatic heterocycles. The molecule has 2 aliphatic rings. The predicted molar refractivity (Wildman–Crippen MR) is 229 cm³/mol. The van der Waals surface area contributed by atoms with E-state index in [9.17, 15) is 90.5 Å². The molecule has 0 N–H and O–H groups in total. The molecule has 4 aromatic rings. The zero-order valence-corrected chi connectivity index (χ0v) is 35.3. The van der Waals surface area contributed by atoms with Gasteiger partial charge in [0.15, 0.2) is 0 Å². The Hall–Kier alpha value is -9.61. The lowest BCUT2D eigenvalue weighted by molar-refractivity contribution is -0.395. The first-order chi connectivity index (χ1) is 32.5. The van der Waals surface area contributed by atoms with Crippen LogP contribution in [0.3, 0.4) is 0 Å². The van der Waals surface area contributed by atoms with Crippen LogP contribution in [0.4, 0.5) is 45.5 Å². The second kappa shape index (κ2) is 21.4. The van der Waals surface area contributed by atoms with Gasteiger partial charge in [0.05, 0.1) is 113 Å². The number of methoxy groups -OCH3 is 2. The summed E-state index contributed by atoms with van der Waals surface area (Å²) in [4.78, 5) is 117. The highest BCUT2D eigenvalue weighted by molar-refractivity contribution is 7.15. The zero-order chi connectivity index (χ0) is 51.6. The number of nitrogens with zero attached hydrogens (tertiary/aromatic N) is 10. The lowest BCUT2D eigenvalue weighted by Gasteiger charge is -2.03. The lowest BCUT2D eigenvalue weighted by atomic mass is 10.0. The van der Waals surface area contributed by atoms with Crippen LogP contribution in [0, 0.1) is 80.9 Å². The maximum Gasteiger partial charge on any atom is 0.309 e. The number of carbonyl (C=O) groups excluding carboxylic acids is 2. The van der Waals surface area contributed by atoms with Crippen LogP contribution >= 0.6 is 9.24 Å². The fourth-order valence-corrected chi connectivity index (χ4v) is 6.41. The third-order valence-corrected chi connectivity index (χ3v) is 9.12. The molecule has 1 atom stereocenters. The SMILES string of the molecule is COC(=O)CCON=C1c2cc([N+](=O)[O-])cc([N+](=O)[O-])c2-c2c1cc([N+](=O)[O-])cc2[N+](=O)[O-].COC(=O)CCON=C1c2cc([N+](=O)[O-])cc([N+](=O)[O-])c2-c2c1cc([N+](=O)[O-])cc2[N+](=O)[O-].[3H]CP. The molecule has 0 amide bonds. The summed E-state index contributed by atoms with van der Waals surface area (Å²) in [5.41, 5.74) is -9.48. The fourth-order valence-electron chi connectivity index (χ4n) is 6.41. The highest BCUT2D eigenvalue weighted by Gasteiger charge is 2.43. The van der Waals surface area contributed by atoms with Crippen LogP contribution in [-0.4, -0.2) is 96.8 Å². The van der Waals surface area contributed by atoms with E-state index in [2.05, 4.69) is 29.0 Å². The Morgan fingerprint density at radius 3 is 0.868 bits per heavy atom. The molecule has 354 valence electrons. The Bertz CT molecular complexity index is 2600. The van der Waals surface area contributed by atoms with E-state index in [1.807, 2.05) is 0 Å². The molecule has 0 bridgehead atoms. The van der Waals surface area contributed by atoms with Gasteiger partial charge in [0.1, 0.15) is 24.6 Å². The van der Waals surface area contributed by atoms with Gasteiger partial charge in [-0.3, -0.25) is 90.5 Å². The zero-order valence-electron chi connectivity index (χ0n) is 35.2. The first kappa shape index (κ1) is 49.4. The Morgan fingerprint density at radius 1 is 0.471 bits per heavy atom. The molecule has 1 unspecified atom stereocenters. The van der Waals surface area contributed by atoms with E-state index in [-0.39, 0.29) is 82.0 Å². The molecular formula is C35H27N10O22P. The van der Waals surface area contributed by atoms with Gasteiger partial charge in [0.2, 0.25) is 0 Å². The largest absolute Gasteiger partial charge is 0.469 e. The number of nitro groups is 8. The van der Waals surface area contributed by atoms with E-state index in [0.29, 0.717) is 30.9 Å². The number of non-ortho nitro benzene ring substituents is 4. The van der Waals surface area contributed by atoms with E-state index in [1.54, 1.807) is 0 Å². The van der Waals surface area contributed by atoms with Gasteiger partial charge in [-0.05, 0) is 0 Å².